The van der Waals surface area contributed by atoms with Gasteiger partial charge in [0.2, 0.25) is 0 Å². The summed E-state index contributed by atoms with van der Waals surface area (Å²) in [6.07, 6.45) is 0. The van der Waals surface area contributed by atoms with Gasteiger partial charge in [-0.05, 0) is 24.3 Å². The van der Waals surface area contributed by atoms with Crippen LogP contribution in [0.4, 0.5) is 14.5 Å². The zero-order chi connectivity index (χ0) is 16.1. The topological polar surface area (TPSA) is 6.48 Å². The molecule has 2 aromatic rings. The lowest BCUT2D eigenvalue weighted by Gasteiger charge is -2.36. The average molecular weight is 334 g/mol. The molecular formula is C18H20F2N2S. The fourth-order valence-electron chi connectivity index (χ4n) is 2.77. The molecule has 2 aromatic carbocycles. The Morgan fingerprint density at radius 1 is 0.826 bits per heavy atom. The van der Waals surface area contributed by atoms with E-state index in [9.17, 15) is 8.78 Å². The molecule has 0 aliphatic carbocycles. The maximum absolute atomic E-state index is 13.8. The molecule has 2 nitrogen and oxygen atoms in total. The van der Waals surface area contributed by atoms with Crippen LogP contribution in [0.15, 0.2) is 53.4 Å². The van der Waals surface area contributed by atoms with Gasteiger partial charge in [0.1, 0.15) is 11.6 Å². The van der Waals surface area contributed by atoms with Crippen LogP contribution in [0.25, 0.3) is 0 Å². The number of benzene rings is 2. The molecule has 5 heteroatoms. The first kappa shape index (κ1) is 16.3. The van der Waals surface area contributed by atoms with Gasteiger partial charge in [-0.25, -0.2) is 8.78 Å². The number of nitrogens with zero attached hydrogens (tertiary/aromatic N) is 2. The van der Waals surface area contributed by atoms with Gasteiger partial charge < -0.3 is 4.90 Å². The number of para-hydroxylation sites is 1. The Balaban J connectivity index is 1.45. The van der Waals surface area contributed by atoms with Crippen LogP contribution < -0.4 is 4.90 Å². The number of piperazine rings is 1. The molecule has 0 aromatic heterocycles. The molecule has 0 spiro atoms. The standard InChI is InChI=1S/C18H20F2N2S/c19-15-5-1-3-7-17(15)22-11-9-21(10-12-22)13-14-23-18-8-4-2-6-16(18)20/h1-8H,9-14H2. The molecule has 1 saturated heterocycles. The van der Waals surface area contributed by atoms with E-state index < -0.39 is 0 Å². The van der Waals surface area contributed by atoms with E-state index in [1.165, 1.54) is 12.1 Å². The highest BCUT2D eigenvalue weighted by Gasteiger charge is 2.18. The summed E-state index contributed by atoms with van der Waals surface area (Å²) in [6, 6.07) is 13.8. The quantitative estimate of drug-likeness (QED) is 0.766. The van der Waals surface area contributed by atoms with Gasteiger partial charge >= 0.3 is 0 Å². The molecule has 0 radical (unpaired) electrons. The van der Waals surface area contributed by atoms with Crippen molar-refractivity contribution < 1.29 is 8.78 Å². The van der Waals surface area contributed by atoms with Crippen LogP contribution in [0.2, 0.25) is 0 Å². The lowest BCUT2D eigenvalue weighted by atomic mass is 10.2. The van der Waals surface area contributed by atoms with Crippen molar-refractivity contribution >= 4 is 17.4 Å². The second-order valence-corrected chi connectivity index (χ2v) is 6.70. The normalized spacial score (nSPS) is 15.8. The number of halogens is 2. The van der Waals surface area contributed by atoms with Crippen LogP contribution in [0, 0.1) is 11.6 Å². The predicted molar refractivity (Wildman–Crippen MR) is 92.2 cm³/mol. The third-order valence-electron chi connectivity index (χ3n) is 4.07. The summed E-state index contributed by atoms with van der Waals surface area (Å²) in [5.41, 5.74) is 0.688. The highest BCUT2D eigenvalue weighted by molar-refractivity contribution is 7.99. The molecule has 1 aliphatic rings. The molecule has 0 amide bonds. The van der Waals surface area contributed by atoms with Crippen LogP contribution in [-0.2, 0) is 0 Å². The van der Waals surface area contributed by atoms with Crippen LogP contribution in [0.5, 0.6) is 0 Å². The third-order valence-corrected chi connectivity index (χ3v) is 5.10. The van der Waals surface area contributed by atoms with Gasteiger partial charge in [-0.15, -0.1) is 11.8 Å². The molecule has 3 rings (SSSR count). The first-order valence-corrected chi connectivity index (χ1v) is 8.82. The molecule has 0 saturated carbocycles. The maximum atomic E-state index is 13.8. The lowest BCUT2D eigenvalue weighted by molar-refractivity contribution is 0.272. The van der Waals surface area contributed by atoms with Gasteiger partial charge in [-0.2, -0.15) is 0 Å². The summed E-state index contributed by atoms with van der Waals surface area (Å²) in [5, 5.41) is 0. The smallest absolute Gasteiger partial charge is 0.146 e. The van der Waals surface area contributed by atoms with E-state index in [1.807, 2.05) is 24.3 Å². The number of hydrogen-bond acceptors (Lipinski definition) is 3. The van der Waals surface area contributed by atoms with E-state index in [1.54, 1.807) is 23.9 Å². The molecule has 1 fully saturated rings. The Morgan fingerprint density at radius 3 is 2.17 bits per heavy atom. The fourth-order valence-corrected chi connectivity index (χ4v) is 3.72. The van der Waals surface area contributed by atoms with Crippen molar-refractivity contribution in [1.29, 1.82) is 0 Å². The number of thioether (sulfide) groups is 1. The van der Waals surface area contributed by atoms with Crippen LogP contribution >= 0.6 is 11.8 Å². The van der Waals surface area contributed by atoms with Gasteiger partial charge in [0.05, 0.1) is 5.69 Å². The molecule has 1 heterocycles. The third kappa shape index (κ3) is 4.24. The zero-order valence-electron chi connectivity index (χ0n) is 12.9. The van der Waals surface area contributed by atoms with E-state index in [0.717, 1.165) is 38.5 Å². The second-order valence-electron chi connectivity index (χ2n) is 5.56. The van der Waals surface area contributed by atoms with Crippen molar-refractivity contribution in [3.8, 4) is 0 Å². The lowest BCUT2D eigenvalue weighted by Crippen LogP contribution is -2.47. The molecule has 0 bridgehead atoms. The van der Waals surface area contributed by atoms with Gasteiger partial charge in [-0.1, -0.05) is 24.3 Å². The first-order valence-electron chi connectivity index (χ1n) is 7.83. The van der Waals surface area contributed by atoms with Crippen LogP contribution in [0.3, 0.4) is 0 Å². The minimum absolute atomic E-state index is 0.151. The Kier molecular flexibility index (Phi) is 5.51. The fraction of sp³-hybridized carbons (Fsp3) is 0.333. The molecule has 23 heavy (non-hydrogen) atoms. The van der Waals surface area contributed by atoms with Crippen molar-refractivity contribution in [2.45, 2.75) is 4.90 Å². The maximum Gasteiger partial charge on any atom is 0.146 e. The molecule has 0 N–H and O–H groups in total. The summed E-state index contributed by atoms with van der Waals surface area (Å²) in [7, 11) is 0. The average Bonchev–Trinajstić information content (AvgIpc) is 2.58. The number of hydrogen-bond donors (Lipinski definition) is 0. The zero-order valence-corrected chi connectivity index (χ0v) is 13.7. The Morgan fingerprint density at radius 2 is 1.48 bits per heavy atom. The van der Waals surface area contributed by atoms with Crippen molar-refractivity contribution in [2.24, 2.45) is 0 Å². The van der Waals surface area contributed by atoms with E-state index >= 15 is 0 Å². The Labute approximate surface area is 140 Å². The molecule has 0 atom stereocenters. The van der Waals surface area contributed by atoms with Crippen LogP contribution in [0.1, 0.15) is 0 Å². The van der Waals surface area contributed by atoms with Crippen molar-refractivity contribution in [2.75, 3.05) is 43.4 Å². The predicted octanol–water partition coefficient (Wildman–Crippen LogP) is 3.88. The van der Waals surface area contributed by atoms with Crippen molar-refractivity contribution in [3.63, 3.8) is 0 Å². The molecule has 1 aliphatic heterocycles. The highest BCUT2D eigenvalue weighted by atomic mass is 32.2. The second kappa shape index (κ2) is 7.79. The number of anilines is 1. The van der Waals surface area contributed by atoms with Gasteiger partial charge in [0.15, 0.2) is 0 Å². The summed E-state index contributed by atoms with van der Waals surface area (Å²) < 4.78 is 27.4. The monoisotopic (exact) mass is 334 g/mol. The van der Waals surface area contributed by atoms with E-state index in [0.29, 0.717) is 10.6 Å². The van der Waals surface area contributed by atoms with E-state index in [-0.39, 0.29) is 11.6 Å². The van der Waals surface area contributed by atoms with Crippen LogP contribution in [-0.4, -0.2) is 43.4 Å². The Bertz CT molecular complexity index is 640. The highest BCUT2D eigenvalue weighted by Crippen LogP contribution is 2.22. The minimum Gasteiger partial charge on any atom is -0.367 e. The van der Waals surface area contributed by atoms with Crippen molar-refractivity contribution in [1.82, 2.24) is 4.90 Å². The summed E-state index contributed by atoms with van der Waals surface area (Å²) in [4.78, 5) is 5.15. The summed E-state index contributed by atoms with van der Waals surface area (Å²) in [5.74, 6) is 0.554. The summed E-state index contributed by atoms with van der Waals surface area (Å²) >= 11 is 1.55. The van der Waals surface area contributed by atoms with Gasteiger partial charge in [-0.3, -0.25) is 4.90 Å². The molecule has 122 valence electrons. The Hall–Kier alpha value is -1.59. The SMILES string of the molecule is Fc1ccccc1SCCN1CCN(c2ccccc2F)CC1. The van der Waals surface area contributed by atoms with Gasteiger partial charge in [0.25, 0.3) is 0 Å². The molecule has 0 unspecified atom stereocenters. The molecular weight excluding hydrogens is 314 g/mol. The largest absolute Gasteiger partial charge is 0.367 e. The first-order chi connectivity index (χ1) is 11.2. The number of rotatable bonds is 5. The van der Waals surface area contributed by atoms with E-state index in [4.69, 9.17) is 0 Å². The van der Waals surface area contributed by atoms with E-state index in [2.05, 4.69) is 9.80 Å². The minimum atomic E-state index is -0.156. The van der Waals surface area contributed by atoms with Gasteiger partial charge in [0, 0.05) is 43.4 Å². The van der Waals surface area contributed by atoms with Crippen molar-refractivity contribution in [3.05, 3.63) is 60.2 Å². The summed E-state index contributed by atoms with van der Waals surface area (Å²) in [6.45, 7) is 4.39.